The first-order valence-electron chi connectivity index (χ1n) is 3.87. The van der Waals surface area contributed by atoms with E-state index in [1.165, 1.54) is 12.8 Å². The summed E-state index contributed by atoms with van der Waals surface area (Å²) in [7, 11) is 0. The lowest BCUT2D eigenvalue weighted by Gasteiger charge is -2.22. The quantitative estimate of drug-likeness (QED) is 0.628. The molecule has 0 aromatic heterocycles. The second-order valence-electron chi connectivity index (χ2n) is 2.46. The molecule has 0 aromatic carbocycles. The molecule has 0 saturated carbocycles. The van der Waals surface area contributed by atoms with Crippen molar-refractivity contribution in [2.45, 2.75) is 25.6 Å². The summed E-state index contributed by atoms with van der Waals surface area (Å²) in [6.07, 6.45) is 3.44. The van der Waals surface area contributed by atoms with Gasteiger partial charge in [-0.05, 0) is 19.3 Å². The third kappa shape index (κ3) is 2.64. The van der Waals surface area contributed by atoms with Gasteiger partial charge in [-0.2, -0.15) is 0 Å². The van der Waals surface area contributed by atoms with E-state index in [0.29, 0.717) is 13.2 Å². The first kappa shape index (κ1) is 7.98. The summed E-state index contributed by atoms with van der Waals surface area (Å²) >= 11 is 0. The highest BCUT2D eigenvalue weighted by Crippen LogP contribution is 2.12. The predicted octanol–water partition coefficient (Wildman–Crippen LogP) is 0.488. The molecular formula is C7H15NO2. The summed E-state index contributed by atoms with van der Waals surface area (Å²) in [5.74, 6) is 0. The highest BCUT2D eigenvalue weighted by molar-refractivity contribution is 4.53. The van der Waals surface area contributed by atoms with Crippen LogP contribution in [0, 0.1) is 0 Å². The predicted molar refractivity (Wildman–Crippen MR) is 38.6 cm³/mol. The van der Waals surface area contributed by atoms with Gasteiger partial charge in [-0.15, -0.1) is 0 Å². The van der Waals surface area contributed by atoms with Crippen molar-refractivity contribution in [1.29, 1.82) is 0 Å². The lowest BCUT2D eigenvalue weighted by Crippen LogP contribution is -2.24. The van der Waals surface area contributed by atoms with Gasteiger partial charge in [0.05, 0.1) is 6.61 Å². The van der Waals surface area contributed by atoms with Crippen molar-refractivity contribution < 1.29 is 9.47 Å². The normalized spacial score (nSPS) is 26.7. The number of rotatable bonds is 3. The summed E-state index contributed by atoms with van der Waals surface area (Å²) < 4.78 is 10.6. The van der Waals surface area contributed by atoms with E-state index in [2.05, 4.69) is 0 Å². The fraction of sp³-hybridized carbons (Fsp3) is 1.00. The zero-order chi connectivity index (χ0) is 7.23. The summed E-state index contributed by atoms with van der Waals surface area (Å²) in [6.45, 7) is 2.04. The number of ether oxygens (including phenoxy) is 2. The molecule has 1 unspecified atom stereocenters. The smallest absolute Gasteiger partial charge is 0.157 e. The maximum absolute atomic E-state index is 5.30. The van der Waals surface area contributed by atoms with Gasteiger partial charge in [-0.3, -0.25) is 0 Å². The molecule has 0 aromatic rings. The summed E-state index contributed by atoms with van der Waals surface area (Å²) in [4.78, 5) is 0. The topological polar surface area (TPSA) is 44.5 Å². The fourth-order valence-corrected chi connectivity index (χ4v) is 1.04. The molecule has 10 heavy (non-hydrogen) atoms. The van der Waals surface area contributed by atoms with Gasteiger partial charge in [0.1, 0.15) is 0 Å². The van der Waals surface area contributed by atoms with Gasteiger partial charge in [-0.1, -0.05) is 0 Å². The molecule has 1 aliphatic rings. The lowest BCUT2D eigenvalue weighted by atomic mass is 10.2. The largest absolute Gasteiger partial charge is 0.353 e. The minimum atomic E-state index is 0.0253. The highest BCUT2D eigenvalue weighted by atomic mass is 16.7. The summed E-state index contributed by atoms with van der Waals surface area (Å²) in [6, 6.07) is 0. The molecule has 0 aliphatic carbocycles. The van der Waals surface area contributed by atoms with E-state index in [1.54, 1.807) is 0 Å². The summed E-state index contributed by atoms with van der Waals surface area (Å²) in [5.41, 5.74) is 5.27. The van der Waals surface area contributed by atoms with E-state index in [-0.39, 0.29) is 6.29 Å². The summed E-state index contributed by atoms with van der Waals surface area (Å²) in [5, 5.41) is 0. The van der Waals surface area contributed by atoms with Crippen LogP contribution in [0.1, 0.15) is 19.3 Å². The van der Waals surface area contributed by atoms with Gasteiger partial charge in [0, 0.05) is 13.2 Å². The van der Waals surface area contributed by atoms with Gasteiger partial charge in [0.2, 0.25) is 0 Å². The van der Waals surface area contributed by atoms with Crippen LogP contribution in [-0.4, -0.2) is 26.0 Å². The Morgan fingerprint density at radius 1 is 1.50 bits per heavy atom. The molecule has 3 heteroatoms. The highest BCUT2D eigenvalue weighted by Gasteiger charge is 2.12. The Morgan fingerprint density at radius 2 is 2.40 bits per heavy atom. The standard InChI is InChI=1S/C7H15NO2/c8-4-6-10-7-3-1-2-5-9-7/h7H,1-6,8H2. The van der Waals surface area contributed by atoms with E-state index in [0.717, 1.165) is 13.0 Å². The van der Waals surface area contributed by atoms with E-state index < -0.39 is 0 Å². The van der Waals surface area contributed by atoms with Crippen LogP contribution in [0.5, 0.6) is 0 Å². The third-order valence-electron chi connectivity index (χ3n) is 1.56. The molecule has 1 heterocycles. The Labute approximate surface area is 61.5 Å². The molecule has 1 saturated heterocycles. The fourth-order valence-electron chi connectivity index (χ4n) is 1.04. The second kappa shape index (κ2) is 4.66. The minimum Gasteiger partial charge on any atom is -0.353 e. The second-order valence-corrected chi connectivity index (χ2v) is 2.46. The third-order valence-corrected chi connectivity index (χ3v) is 1.56. The van der Waals surface area contributed by atoms with Crippen LogP contribution >= 0.6 is 0 Å². The average molecular weight is 145 g/mol. The van der Waals surface area contributed by atoms with Crippen molar-refractivity contribution >= 4 is 0 Å². The molecule has 0 bridgehead atoms. The van der Waals surface area contributed by atoms with Gasteiger partial charge in [0.15, 0.2) is 6.29 Å². The Morgan fingerprint density at radius 3 is 3.00 bits per heavy atom. The van der Waals surface area contributed by atoms with Crippen LogP contribution in [0.25, 0.3) is 0 Å². The van der Waals surface area contributed by atoms with Crippen LogP contribution < -0.4 is 5.73 Å². The van der Waals surface area contributed by atoms with Crippen molar-refractivity contribution in [3.8, 4) is 0 Å². The van der Waals surface area contributed by atoms with Crippen molar-refractivity contribution in [1.82, 2.24) is 0 Å². The Hall–Kier alpha value is -0.120. The van der Waals surface area contributed by atoms with E-state index in [9.17, 15) is 0 Å². The molecule has 1 atom stereocenters. The van der Waals surface area contributed by atoms with Crippen molar-refractivity contribution in [2.24, 2.45) is 5.73 Å². The number of hydrogen-bond donors (Lipinski definition) is 1. The molecule has 0 spiro atoms. The van der Waals surface area contributed by atoms with Crippen molar-refractivity contribution in [2.75, 3.05) is 19.8 Å². The van der Waals surface area contributed by atoms with Crippen LogP contribution in [0.4, 0.5) is 0 Å². The Bertz CT molecular complexity index is 81.7. The molecule has 2 N–H and O–H groups in total. The van der Waals surface area contributed by atoms with Gasteiger partial charge >= 0.3 is 0 Å². The zero-order valence-corrected chi connectivity index (χ0v) is 6.21. The van der Waals surface area contributed by atoms with Gasteiger partial charge < -0.3 is 15.2 Å². The lowest BCUT2D eigenvalue weighted by molar-refractivity contribution is -0.160. The monoisotopic (exact) mass is 145 g/mol. The average Bonchev–Trinajstić information content (AvgIpc) is 2.03. The Kier molecular flexibility index (Phi) is 3.72. The maximum Gasteiger partial charge on any atom is 0.157 e. The van der Waals surface area contributed by atoms with Gasteiger partial charge in [-0.25, -0.2) is 0 Å². The Balaban J connectivity index is 2.02. The molecular weight excluding hydrogens is 130 g/mol. The van der Waals surface area contributed by atoms with E-state index >= 15 is 0 Å². The van der Waals surface area contributed by atoms with Crippen LogP contribution in [0.15, 0.2) is 0 Å². The van der Waals surface area contributed by atoms with E-state index in [1.807, 2.05) is 0 Å². The number of nitrogens with two attached hydrogens (primary N) is 1. The van der Waals surface area contributed by atoms with Crippen LogP contribution in [0.2, 0.25) is 0 Å². The van der Waals surface area contributed by atoms with Crippen LogP contribution in [0.3, 0.4) is 0 Å². The first-order chi connectivity index (χ1) is 4.93. The molecule has 0 amide bonds. The van der Waals surface area contributed by atoms with E-state index in [4.69, 9.17) is 15.2 Å². The molecule has 3 nitrogen and oxygen atoms in total. The maximum atomic E-state index is 5.30. The molecule has 1 aliphatic heterocycles. The zero-order valence-electron chi connectivity index (χ0n) is 6.21. The molecule has 1 rings (SSSR count). The van der Waals surface area contributed by atoms with Crippen molar-refractivity contribution in [3.63, 3.8) is 0 Å². The molecule has 0 radical (unpaired) electrons. The first-order valence-corrected chi connectivity index (χ1v) is 3.87. The molecule has 1 fully saturated rings. The van der Waals surface area contributed by atoms with Crippen molar-refractivity contribution in [3.05, 3.63) is 0 Å². The SMILES string of the molecule is NCCOC1CCCCO1. The number of hydrogen-bond acceptors (Lipinski definition) is 3. The molecule has 60 valence electrons. The minimum absolute atomic E-state index is 0.0253. The van der Waals surface area contributed by atoms with Crippen LogP contribution in [-0.2, 0) is 9.47 Å². The van der Waals surface area contributed by atoms with Gasteiger partial charge in [0.25, 0.3) is 0 Å².